The van der Waals surface area contributed by atoms with Gasteiger partial charge in [-0.1, -0.05) is 35.5 Å². The molecule has 0 aliphatic carbocycles. The lowest BCUT2D eigenvalue weighted by Gasteiger charge is -2.10. The first-order chi connectivity index (χ1) is 18.7. The molecule has 0 amide bonds. The normalized spacial score (nSPS) is 12.1. The van der Waals surface area contributed by atoms with Gasteiger partial charge in [-0.15, -0.1) is 5.10 Å². The molecule has 38 heavy (non-hydrogen) atoms. The number of H-pyrrole nitrogens is 1. The molecule has 1 aliphatic heterocycles. The van der Waals surface area contributed by atoms with E-state index >= 15 is 0 Å². The Balaban J connectivity index is 1.23. The van der Waals surface area contributed by atoms with Gasteiger partial charge in [-0.2, -0.15) is 0 Å². The van der Waals surface area contributed by atoms with Crippen LogP contribution in [0.2, 0.25) is 0 Å². The minimum atomic E-state index is -0.233. The molecule has 5 heterocycles. The van der Waals surface area contributed by atoms with Gasteiger partial charge in [0.2, 0.25) is 0 Å². The van der Waals surface area contributed by atoms with Crippen molar-refractivity contribution >= 4 is 18.0 Å². The first kappa shape index (κ1) is 21.7. The molecule has 0 unspecified atom stereocenters. The number of anilines is 1. The highest BCUT2D eigenvalue weighted by Gasteiger charge is 2.24. The van der Waals surface area contributed by atoms with Gasteiger partial charge in [-0.3, -0.25) is 4.57 Å². The van der Waals surface area contributed by atoms with E-state index in [-0.39, 0.29) is 5.69 Å². The summed E-state index contributed by atoms with van der Waals surface area (Å²) in [5, 5.41) is 11.2. The van der Waals surface area contributed by atoms with E-state index in [0.717, 1.165) is 22.5 Å². The van der Waals surface area contributed by atoms with E-state index in [4.69, 9.17) is 0 Å². The Labute approximate surface area is 215 Å². The van der Waals surface area contributed by atoms with Crippen molar-refractivity contribution in [2.75, 3.05) is 5.32 Å². The van der Waals surface area contributed by atoms with Crippen LogP contribution in [-0.2, 0) is 13.1 Å². The molecule has 0 fully saturated rings. The Morgan fingerprint density at radius 1 is 0.947 bits per heavy atom. The smallest absolute Gasteiger partial charge is 0.327 e. The van der Waals surface area contributed by atoms with Gasteiger partial charge in [0.05, 0.1) is 50.2 Å². The Morgan fingerprint density at radius 2 is 1.89 bits per heavy atom. The molecule has 0 atom stereocenters. The maximum atomic E-state index is 13.1. The van der Waals surface area contributed by atoms with Crippen molar-refractivity contribution in [3.8, 4) is 22.8 Å². The Morgan fingerprint density at radius 3 is 2.76 bits per heavy atom. The summed E-state index contributed by atoms with van der Waals surface area (Å²) in [6, 6.07) is 15.9. The fraction of sp³-hybridized carbons (Fsp3) is 0.0769. The average molecular weight is 504 g/mol. The number of aromatic amines is 1. The van der Waals surface area contributed by atoms with E-state index in [1.165, 1.54) is 0 Å². The molecule has 0 saturated carbocycles. The number of aromatic nitrogens is 9. The molecule has 0 radical (unpaired) electrons. The maximum Gasteiger partial charge on any atom is 0.327 e. The highest BCUT2D eigenvalue weighted by molar-refractivity contribution is 5.90. The summed E-state index contributed by atoms with van der Waals surface area (Å²) in [7, 11) is 0. The van der Waals surface area contributed by atoms with Crippen LogP contribution < -0.4 is 11.0 Å². The zero-order valence-electron chi connectivity index (χ0n) is 20.0. The molecule has 12 nitrogen and oxygen atoms in total. The largest absolute Gasteiger partial charge is 0.330 e. The van der Waals surface area contributed by atoms with Crippen LogP contribution in [0.25, 0.3) is 22.8 Å². The number of nitrogens with zero attached hydrogens (tertiary/aromatic N) is 9. The molecule has 1 aliphatic rings. The van der Waals surface area contributed by atoms with Gasteiger partial charge in [-0.05, 0) is 29.3 Å². The third kappa shape index (κ3) is 3.71. The molecule has 0 saturated heterocycles. The quantitative estimate of drug-likeness (QED) is 0.360. The van der Waals surface area contributed by atoms with Crippen molar-refractivity contribution in [1.82, 2.24) is 43.6 Å². The van der Waals surface area contributed by atoms with Crippen LogP contribution >= 0.6 is 0 Å². The fourth-order valence-corrected chi connectivity index (χ4v) is 4.70. The second kappa shape index (κ2) is 8.85. The molecule has 186 valence electrons. The number of fused-ring (bicyclic) bond motifs is 3. The predicted molar refractivity (Wildman–Crippen MR) is 141 cm³/mol. The third-order valence-electron chi connectivity index (χ3n) is 6.47. The molecule has 6 aromatic rings. The van der Waals surface area contributed by atoms with Gasteiger partial charge in [0.15, 0.2) is 5.82 Å². The Hall–Kier alpha value is -5.52. The summed E-state index contributed by atoms with van der Waals surface area (Å²) in [4.78, 5) is 29.4. The standard InChI is InChI=1S/C26H21N11O/c38-26-32-23-22-24(35(17-30-22)14-19-5-1-2-7-21(19)37-11-9-31-33-37)28-15-29-25(23)36(26)13-18-4-3-6-20(12-18)34-10-8-27-16-34/h1-12,15-17H,13-14H2,(H,28,29)(H,32,38). The van der Waals surface area contributed by atoms with Crippen LogP contribution in [0.3, 0.4) is 0 Å². The minimum Gasteiger partial charge on any atom is -0.330 e. The van der Waals surface area contributed by atoms with Crippen molar-refractivity contribution in [3.05, 3.63) is 108 Å². The molecule has 2 N–H and O–H groups in total. The number of imidazole rings is 3. The number of benzene rings is 2. The number of nitrogens with one attached hydrogen (secondary N) is 2. The van der Waals surface area contributed by atoms with Crippen LogP contribution in [0, 0.1) is 0 Å². The third-order valence-corrected chi connectivity index (χ3v) is 6.47. The van der Waals surface area contributed by atoms with Gasteiger partial charge >= 0.3 is 5.69 Å². The van der Waals surface area contributed by atoms with Crippen LogP contribution in [0.4, 0.5) is 11.6 Å². The van der Waals surface area contributed by atoms with Gasteiger partial charge in [0.25, 0.3) is 0 Å². The van der Waals surface area contributed by atoms with Crippen molar-refractivity contribution in [3.63, 3.8) is 0 Å². The average Bonchev–Trinajstić information content (AvgIpc) is 3.74. The van der Waals surface area contributed by atoms with Crippen LogP contribution in [0.1, 0.15) is 11.1 Å². The summed E-state index contributed by atoms with van der Waals surface area (Å²) in [6.45, 7) is 0.881. The molecular weight excluding hydrogens is 482 g/mol. The van der Waals surface area contributed by atoms with E-state index in [1.54, 1.807) is 46.8 Å². The highest BCUT2D eigenvalue weighted by Crippen LogP contribution is 2.35. The molecule has 0 spiro atoms. The van der Waals surface area contributed by atoms with Crippen molar-refractivity contribution in [2.24, 2.45) is 4.99 Å². The first-order valence-corrected chi connectivity index (χ1v) is 11.9. The van der Waals surface area contributed by atoms with Gasteiger partial charge in [0.1, 0.15) is 17.2 Å². The first-order valence-electron chi connectivity index (χ1n) is 11.9. The summed E-state index contributed by atoms with van der Waals surface area (Å²) in [6.07, 6.45) is 12.1. The van der Waals surface area contributed by atoms with E-state index in [1.807, 2.05) is 63.9 Å². The molecule has 0 bridgehead atoms. The number of para-hydroxylation sites is 1. The monoisotopic (exact) mass is 503 g/mol. The minimum absolute atomic E-state index is 0.233. The van der Waals surface area contributed by atoms with Crippen LogP contribution in [0.15, 0.2) is 95.8 Å². The highest BCUT2D eigenvalue weighted by atomic mass is 16.1. The maximum absolute atomic E-state index is 13.1. The second-order valence-electron chi connectivity index (χ2n) is 8.80. The van der Waals surface area contributed by atoms with Crippen molar-refractivity contribution in [2.45, 2.75) is 13.1 Å². The fourth-order valence-electron chi connectivity index (χ4n) is 4.70. The van der Waals surface area contributed by atoms with Crippen molar-refractivity contribution in [1.29, 1.82) is 0 Å². The molecule has 2 aromatic carbocycles. The van der Waals surface area contributed by atoms with Gasteiger partial charge in [-0.25, -0.2) is 24.4 Å². The lowest BCUT2D eigenvalue weighted by Crippen LogP contribution is -2.19. The summed E-state index contributed by atoms with van der Waals surface area (Å²) < 4.78 is 7.26. The number of hydrogen-bond donors (Lipinski definition) is 2. The summed E-state index contributed by atoms with van der Waals surface area (Å²) in [5.74, 6) is 1.25. The predicted octanol–water partition coefficient (Wildman–Crippen LogP) is 2.99. The van der Waals surface area contributed by atoms with E-state index in [9.17, 15) is 4.79 Å². The van der Waals surface area contributed by atoms with E-state index in [2.05, 4.69) is 35.6 Å². The molecule has 12 heteroatoms. The van der Waals surface area contributed by atoms with E-state index in [0.29, 0.717) is 36.1 Å². The van der Waals surface area contributed by atoms with Crippen LogP contribution in [0.5, 0.6) is 0 Å². The molecule has 4 aromatic heterocycles. The second-order valence-corrected chi connectivity index (χ2v) is 8.80. The number of aliphatic imine (C=N–C) groups is 1. The van der Waals surface area contributed by atoms with E-state index < -0.39 is 0 Å². The lowest BCUT2D eigenvalue weighted by atomic mass is 10.1. The zero-order valence-corrected chi connectivity index (χ0v) is 20.0. The molecule has 7 rings (SSSR count). The zero-order chi connectivity index (χ0) is 25.5. The Bertz CT molecular complexity index is 1820. The summed E-state index contributed by atoms with van der Waals surface area (Å²) in [5.41, 5.74) is 4.84. The summed E-state index contributed by atoms with van der Waals surface area (Å²) >= 11 is 0. The lowest BCUT2D eigenvalue weighted by molar-refractivity contribution is 0.757. The van der Waals surface area contributed by atoms with Crippen molar-refractivity contribution < 1.29 is 0 Å². The topological polar surface area (TPSA) is 129 Å². The Kier molecular flexibility index (Phi) is 5.06. The van der Waals surface area contributed by atoms with Crippen LogP contribution in [-0.4, -0.2) is 50.0 Å². The van der Waals surface area contributed by atoms with Gasteiger partial charge in [0, 0.05) is 18.1 Å². The SMILES string of the molecule is O=c1[nH]c2c(n1Cc1cccc(-n3ccnc3)c1)NC=Nc1c-2ncn1Cc1ccccc1-n1ccnn1. The van der Waals surface area contributed by atoms with Gasteiger partial charge < -0.3 is 19.4 Å². The molecular formula is C26H21N11O. The number of hydrogen-bond acceptors (Lipinski definition) is 7. The number of rotatable bonds is 6.